The molecule has 0 aromatic rings. The summed E-state index contributed by atoms with van der Waals surface area (Å²) in [6.45, 7) is 12.1. The quantitative estimate of drug-likeness (QED) is 0.426. The van der Waals surface area contributed by atoms with Crippen LogP contribution in [-0.4, -0.2) is 5.11 Å². The number of hydrogen-bond acceptors (Lipinski definition) is 1. The molecule has 44 valence electrons. The molecule has 0 saturated heterocycles. The van der Waals surface area contributed by atoms with Crippen LogP contribution in [0.5, 0.6) is 0 Å². The highest BCUT2D eigenvalue weighted by atomic mass is 16.3. The maximum absolute atomic E-state index is 8.64. The highest BCUT2D eigenvalue weighted by Crippen LogP contribution is 2.09. The molecule has 0 aliphatic rings. The topological polar surface area (TPSA) is 20.2 Å². The summed E-state index contributed by atoms with van der Waals surface area (Å²) in [6, 6.07) is 0. The van der Waals surface area contributed by atoms with E-state index >= 15 is 0 Å². The van der Waals surface area contributed by atoms with Crippen molar-refractivity contribution in [3.05, 3.63) is 36.6 Å². The van der Waals surface area contributed by atoms with Gasteiger partial charge in [-0.1, -0.05) is 19.7 Å². The van der Waals surface area contributed by atoms with Gasteiger partial charge in [-0.3, -0.25) is 0 Å². The second-order valence-corrected chi connectivity index (χ2v) is 1.71. The Balaban J connectivity index is 4.05. The molecule has 0 spiro atoms. The fraction of sp³-hybridized carbons (Fsp3) is 0.143. The minimum atomic E-state index is -0.00231. The van der Waals surface area contributed by atoms with E-state index in [1.807, 2.05) is 0 Å². The Labute approximate surface area is 49.7 Å². The summed E-state index contributed by atoms with van der Waals surface area (Å²) in [6.07, 6.45) is 0. The largest absolute Gasteiger partial charge is 0.508 e. The van der Waals surface area contributed by atoms with Crippen molar-refractivity contribution in [2.24, 2.45) is 0 Å². The average molecular weight is 110 g/mol. The molecule has 1 nitrogen and oxygen atoms in total. The zero-order chi connectivity index (χ0) is 6.73. The second kappa shape index (κ2) is 2.36. The van der Waals surface area contributed by atoms with E-state index < -0.39 is 0 Å². The van der Waals surface area contributed by atoms with E-state index in [9.17, 15) is 0 Å². The van der Waals surface area contributed by atoms with Crippen LogP contribution in [0, 0.1) is 0 Å². The molecular weight excluding hydrogens is 100 g/mol. The SMILES string of the molecule is C=C(C)C(=C)C(=C)O. The van der Waals surface area contributed by atoms with Gasteiger partial charge in [-0.25, -0.2) is 0 Å². The van der Waals surface area contributed by atoms with Crippen LogP contribution < -0.4 is 0 Å². The minimum Gasteiger partial charge on any atom is -0.508 e. The van der Waals surface area contributed by atoms with E-state index in [0.717, 1.165) is 5.57 Å². The number of aliphatic hydroxyl groups is 1. The molecule has 0 fully saturated rings. The highest BCUT2D eigenvalue weighted by molar-refractivity contribution is 5.35. The van der Waals surface area contributed by atoms with Crippen LogP contribution in [0.1, 0.15) is 6.92 Å². The fourth-order valence-electron chi connectivity index (χ4n) is 0.246. The first-order valence-electron chi connectivity index (χ1n) is 2.28. The zero-order valence-electron chi connectivity index (χ0n) is 5.07. The van der Waals surface area contributed by atoms with E-state index in [2.05, 4.69) is 19.7 Å². The lowest BCUT2D eigenvalue weighted by Crippen LogP contribution is -1.83. The normalized spacial score (nSPS) is 8.12. The Morgan fingerprint density at radius 2 is 1.62 bits per heavy atom. The highest BCUT2D eigenvalue weighted by Gasteiger charge is 1.94. The second-order valence-electron chi connectivity index (χ2n) is 1.71. The van der Waals surface area contributed by atoms with Crippen molar-refractivity contribution >= 4 is 0 Å². The Morgan fingerprint density at radius 1 is 1.25 bits per heavy atom. The van der Waals surface area contributed by atoms with E-state index in [0.29, 0.717) is 5.57 Å². The predicted octanol–water partition coefficient (Wildman–Crippen LogP) is 2.19. The third kappa shape index (κ3) is 1.65. The van der Waals surface area contributed by atoms with Crippen LogP contribution >= 0.6 is 0 Å². The summed E-state index contributed by atoms with van der Waals surface area (Å²) in [7, 11) is 0. The zero-order valence-corrected chi connectivity index (χ0v) is 5.07. The molecule has 0 aliphatic heterocycles. The standard InChI is InChI=1S/C7H10O/c1-5(2)6(3)7(4)8/h8H,1,3-4H2,2H3. The maximum Gasteiger partial charge on any atom is 0.115 e. The van der Waals surface area contributed by atoms with E-state index in [1.165, 1.54) is 0 Å². The first-order valence-corrected chi connectivity index (χ1v) is 2.28. The summed E-state index contributed by atoms with van der Waals surface area (Å²) in [4.78, 5) is 0. The molecule has 1 N–H and O–H groups in total. The van der Waals surface area contributed by atoms with Crippen LogP contribution in [0.25, 0.3) is 0 Å². The number of aliphatic hydroxyl groups excluding tert-OH is 1. The van der Waals surface area contributed by atoms with Gasteiger partial charge in [-0.05, 0) is 12.5 Å². The summed E-state index contributed by atoms with van der Waals surface area (Å²) in [5.74, 6) is -0.00231. The van der Waals surface area contributed by atoms with Crippen LogP contribution in [0.3, 0.4) is 0 Å². The third-order valence-corrected chi connectivity index (χ3v) is 0.864. The van der Waals surface area contributed by atoms with Crippen molar-refractivity contribution in [2.45, 2.75) is 6.92 Å². The first-order chi connectivity index (χ1) is 3.55. The Hall–Kier alpha value is -0.980. The molecule has 0 bridgehead atoms. The van der Waals surface area contributed by atoms with Crippen LogP contribution in [-0.2, 0) is 0 Å². The lowest BCUT2D eigenvalue weighted by Gasteiger charge is -1.98. The van der Waals surface area contributed by atoms with Gasteiger partial charge < -0.3 is 5.11 Å². The molecule has 0 unspecified atom stereocenters. The van der Waals surface area contributed by atoms with Crippen molar-refractivity contribution < 1.29 is 5.11 Å². The Morgan fingerprint density at radius 3 is 1.62 bits per heavy atom. The van der Waals surface area contributed by atoms with Crippen molar-refractivity contribution in [1.29, 1.82) is 0 Å². The number of allylic oxidation sites excluding steroid dienone is 1. The van der Waals surface area contributed by atoms with Crippen molar-refractivity contribution in [1.82, 2.24) is 0 Å². The van der Waals surface area contributed by atoms with Crippen LogP contribution in [0.2, 0.25) is 0 Å². The van der Waals surface area contributed by atoms with Gasteiger partial charge in [0.15, 0.2) is 0 Å². The Kier molecular flexibility index (Phi) is 2.07. The van der Waals surface area contributed by atoms with Crippen molar-refractivity contribution in [3.63, 3.8) is 0 Å². The number of rotatable bonds is 2. The fourth-order valence-corrected chi connectivity index (χ4v) is 0.246. The van der Waals surface area contributed by atoms with Gasteiger partial charge >= 0.3 is 0 Å². The summed E-state index contributed by atoms with van der Waals surface area (Å²) in [5, 5.41) is 8.64. The monoisotopic (exact) mass is 110 g/mol. The summed E-state index contributed by atoms with van der Waals surface area (Å²) < 4.78 is 0. The maximum atomic E-state index is 8.64. The van der Waals surface area contributed by atoms with E-state index in [-0.39, 0.29) is 5.76 Å². The molecule has 0 aromatic carbocycles. The van der Waals surface area contributed by atoms with Gasteiger partial charge in [0, 0.05) is 5.57 Å². The molecule has 0 amide bonds. The van der Waals surface area contributed by atoms with Gasteiger partial charge in [0.25, 0.3) is 0 Å². The van der Waals surface area contributed by atoms with Crippen molar-refractivity contribution in [3.8, 4) is 0 Å². The van der Waals surface area contributed by atoms with Gasteiger partial charge in [0.2, 0.25) is 0 Å². The molecule has 0 heterocycles. The molecule has 1 heteroatoms. The predicted molar refractivity (Wildman–Crippen MR) is 35.7 cm³/mol. The summed E-state index contributed by atoms with van der Waals surface area (Å²) >= 11 is 0. The van der Waals surface area contributed by atoms with Gasteiger partial charge in [-0.2, -0.15) is 0 Å². The molecular formula is C7H10O. The minimum absolute atomic E-state index is 0.00231. The van der Waals surface area contributed by atoms with Crippen LogP contribution in [0.4, 0.5) is 0 Å². The lowest BCUT2D eigenvalue weighted by atomic mass is 10.1. The summed E-state index contributed by atoms with van der Waals surface area (Å²) in [5.41, 5.74) is 1.27. The molecule has 0 atom stereocenters. The molecule has 0 saturated carbocycles. The molecule has 0 aliphatic carbocycles. The number of hydrogen-bond donors (Lipinski definition) is 1. The van der Waals surface area contributed by atoms with Gasteiger partial charge in [-0.15, -0.1) is 0 Å². The molecule has 0 radical (unpaired) electrons. The van der Waals surface area contributed by atoms with E-state index in [4.69, 9.17) is 5.11 Å². The third-order valence-electron chi connectivity index (χ3n) is 0.864. The molecule has 8 heavy (non-hydrogen) atoms. The van der Waals surface area contributed by atoms with Gasteiger partial charge in [0.05, 0.1) is 0 Å². The van der Waals surface area contributed by atoms with Gasteiger partial charge in [0.1, 0.15) is 5.76 Å². The smallest absolute Gasteiger partial charge is 0.115 e. The molecule has 0 aromatic heterocycles. The van der Waals surface area contributed by atoms with Crippen molar-refractivity contribution in [2.75, 3.05) is 0 Å². The Bertz CT molecular complexity index is 126. The average Bonchev–Trinajstić information content (AvgIpc) is 1.64. The van der Waals surface area contributed by atoms with Crippen LogP contribution in [0.15, 0.2) is 36.6 Å². The molecule has 0 rings (SSSR count). The van der Waals surface area contributed by atoms with E-state index in [1.54, 1.807) is 6.92 Å². The first kappa shape index (κ1) is 7.02. The lowest BCUT2D eigenvalue weighted by molar-refractivity contribution is 0.428.